The molecule has 0 radical (unpaired) electrons. The molecule has 0 saturated carbocycles. The first-order valence-electron chi connectivity index (χ1n) is 4.52. The molecule has 1 unspecified atom stereocenters. The summed E-state index contributed by atoms with van der Waals surface area (Å²) in [5, 5.41) is 2.70. The molecule has 0 bridgehead atoms. The zero-order valence-corrected chi connectivity index (χ0v) is 8.79. The quantitative estimate of drug-likeness (QED) is 0.713. The molecule has 0 aliphatic rings. The third kappa shape index (κ3) is 7.59. The van der Waals surface area contributed by atoms with Gasteiger partial charge in [-0.1, -0.05) is 0 Å². The van der Waals surface area contributed by atoms with Crippen molar-refractivity contribution in [2.45, 2.75) is 39.3 Å². The van der Waals surface area contributed by atoms with E-state index in [4.69, 9.17) is 9.47 Å². The summed E-state index contributed by atoms with van der Waals surface area (Å²) in [6.45, 7) is 6.20. The van der Waals surface area contributed by atoms with E-state index in [1.165, 1.54) is 0 Å². The second-order valence-electron chi connectivity index (χ2n) is 3.28. The van der Waals surface area contributed by atoms with Gasteiger partial charge in [0.1, 0.15) is 0 Å². The largest absolute Gasteiger partial charge is 0.447 e. The molecule has 1 atom stereocenters. The Morgan fingerprint density at radius 1 is 1.38 bits per heavy atom. The molecule has 0 aliphatic heterocycles. The SMILES string of the molecule is COCCC(C)NC(=O)OC(C)C. The maximum Gasteiger partial charge on any atom is 0.407 e. The second-order valence-corrected chi connectivity index (χ2v) is 3.28. The van der Waals surface area contributed by atoms with Crippen LogP contribution >= 0.6 is 0 Å². The van der Waals surface area contributed by atoms with Gasteiger partial charge in [-0.2, -0.15) is 0 Å². The molecule has 0 fully saturated rings. The minimum Gasteiger partial charge on any atom is -0.447 e. The fourth-order valence-electron chi connectivity index (χ4n) is 0.816. The van der Waals surface area contributed by atoms with Crippen LogP contribution in [0.4, 0.5) is 4.79 Å². The maximum absolute atomic E-state index is 11.1. The van der Waals surface area contributed by atoms with E-state index in [9.17, 15) is 4.79 Å². The van der Waals surface area contributed by atoms with Gasteiger partial charge in [-0.05, 0) is 27.2 Å². The summed E-state index contributed by atoms with van der Waals surface area (Å²) in [6, 6.07) is 0.0891. The molecule has 4 heteroatoms. The van der Waals surface area contributed by atoms with Crippen molar-refractivity contribution >= 4 is 6.09 Å². The Hall–Kier alpha value is -0.770. The first kappa shape index (κ1) is 12.2. The van der Waals surface area contributed by atoms with E-state index >= 15 is 0 Å². The van der Waals surface area contributed by atoms with Crippen LogP contribution in [0.2, 0.25) is 0 Å². The molecular weight excluding hydrogens is 170 g/mol. The second kappa shape index (κ2) is 6.71. The van der Waals surface area contributed by atoms with Crippen molar-refractivity contribution in [3.63, 3.8) is 0 Å². The fourth-order valence-corrected chi connectivity index (χ4v) is 0.816. The lowest BCUT2D eigenvalue weighted by Crippen LogP contribution is -2.35. The lowest BCUT2D eigenvalue weighted by molar-refractivity contribution is 0.110. The highest BCUT2D eigenvalue weighted by Crippen LogP contribution is 1.94. The normalized spacial score (nSPS) is 12.7. The Bertz CT molecular complexity index is 148. The van der Waals surface area contributed by atoms with Gasteiger partial charge in [0.15, 0.2) is 0 Å². The van der Waals surface area contributed by atoms with Crippen LogP contribution in [0.5, 0.6) is 0 Å². The monoisotopic (exact) mass is 189 g/mol. The van der Waals surface area contributed by atoms with Crippen molar-refractivity contribution in [2.24, 2.45) is 0 Å². The number of rotatable bonds is 5. The van der Waals surface area contributed by atoms with Crippen molar-refractivity contribution < 1.29 is 14.3 Å². The molecule has 13 heavy (non-hydrogen) atoms. The van der Waals surface area contributed by atoms with Crippen molar-refractivity contribution in [3.8, 4) is 0 Å². The average Bonchev–Trinajstić information content (AvgIpc) is 1.98. The fraction of sp³-hybridized carbons (Fsp3) is 0.889. The predicted molar refractivity (Wildman–Crippen MR) is 50.7 cm³/mol. The Labute approximate surface area is 79.6 Å². The molecule has 0 saturated heterocycles. The number of carbonyl (C=O) groups excluding carboxylic acids is 1. The number of carbonyl (C=O) groups is 1. The molecule has 0 aliphatic carbocycles. The predicted octanol–water partition coefficient (Wildman–Crippen LogP) is 1.55. The number of hydrogen-bond donors (Lipinski definition) is 1. The summed E-state index contributed by atoms with van der Waals surface area (Å²) in [7, 11) is 1.64. The minimum absolute atomic E-state index is 0.0744. The number of nitrogens with one attached hydrogen (secondary N) is 1. The van der Waals surface area contributed by atoms with E-state index in [1.54, 1.807) is 7.11 Å². The zero-order valence-electron chi connectivity index (χ0n) is 8.79. The number of amides is 1. The van der Waals surface area contributed by atoms with E-state index in [0.29, 0.717) is 6.61 Å². The van der Waals surface area contributed by atoms with Gasteiger partial charge >= 0.3 is 6.09 Å². The molecule has 4 nitrogen and oxygen atoms in total. The molecule has 0 spiro atoms. The third-order valence-electron chi connectivity index (χ3n) is 1.46. The molecule has 78 valence electrons. The third-order valence-corrected chi connectivity index (χ3v) is 1.46. The summed E-state index contributed by atoms with van der Waals surface area (Å²) in [4.78, 5) is 11.1. The Morgan fingerprint density at radius 3 is 2.46 bits per heavy atom. The lowest BCUT2D eigenvalue weighted by Gasteiger charge is -2.14. The number of alkyl carbamates (subject to hydrolysis) is 1. The molecule has 0 aromatic carbocycles. The van der Waals surface area contributed by atoms with Gasteiger partial charge < -0.3 is 14.8 Å². The summed E-state index contributed by atoms with van der Waals surface area (Å²) in [5.41, 5.74) is 0. The molecule has 0 aromatic rings. The van der Waals surface area contributed by atoms with E-state index < -0.39 is 0 Å². The summed E-state index contributed by atoms with van der Waals surface area (Å²) in [6.07, 6.45) is 0.359. The van der Waals surface area contributed by atoms with Gasteiger partial charge in [0.05, 0.1) is 6.10 Å². The van der Waals surface area contributed by atoms with E-state index in [0.717, 1.165) is 6.42 Å². The van der Waals surface area contributed by atoms with Crippen molar-refractivity contribution in [1.82, 2.24) is 5.32 Å². The number of methoxy groups -OCH3 is 1. The zero-order chi connectivity index (χ0) is 10.3. The van der Waals surface area contributed by atoms with Gasteiger partial charge in [-0.3, -0.25) is 0 Å². The van der Waals surface area contributed by atoms with Crippen LogP contribution in [0.3, 0.4) is 0 Å². The van der Waals surface area contributed by atoms with Crippen molar-refractivity contribution in [3.05, 3.63) is 0 Å². The Kier molecular flexibility index (Phi) is 6.32. The lowest BCUT2D eigenvalue weighted by atomic mass is 10.2. The highest BCUT2D eigenvalue weighted by atomic mass is 16.6. The van der Waals surface area contributed by atoms with Crippen LogP contribution in [-0.2, 0) is 9.47 Å². The molecule has 1 amide bonds. The van der Waals surface area contributed by atoms with Gasteiger partial charge in [0.2, 0.25) is 0 Å². The Morgan fingerprint density at radius 2 is 2.00 bits per heavy atom. The van der Waals surface area contributed by atoms with Crippen LogP contribution in [0, 0.1) is 0 Å². The van der Waals surface area contributed by atoms with Crippen LogP contribution in [0.15, 0.2) is 0 Å². The van der Waals surface area contributed by atoms with E-state index in [1.807, 2.05) is 20.8 Å². The molecular formula is C9H19NO3. The number of hydrogen-bond acceptors (Lipinski definition) is 3. The maximum atomic E-state index is 11.1. The summed E-state index contributed by atoms with van der Waals surface area (Å²) < 4.78 is 9.79. The topological polar surface area (TPSA) is 47.6 Å². The van der Waals surface area contributed by atoms with Crippen LogP contribution in [0.1, 0.15) is 27.2 Å². The highest BCUT2D eigenvalue weighted by molar-refractivity contribution is 5.67. The van der Waals surface area contributed by atoms with Crippen LogP contribution in [-0.4, -0.2) is 32.0 Å². The van der Waals surface area contributed by atoms with E-state index in [2.05, 4.69) is 5.32 Å². The standard InChI is InChI=1S/C9H19NO3/c1-7(2)13-9(11)10-8(3)5-6-12-4/h7-8H,5-6H2,1-4H3,(H,10,11). The van der Waals surface area contributed by atoms with Gasteiger partial charge in [-0.15, -0.1) is 0 Å². The van der Waals surface area contributed by atoms with Crippen molar-refractivity contribution in [2.75, 3.05) is 13.7 Å². The van der Waals surface area contributed by atoms with Gasteiger partial charge in [0.25, 0.3) is 0 Å². The number of ether oxygens (including phenoxy) is 2. The Balaban J connectivity index is 3.53. The summed E-state index contributed by atoms with van der Waals surface area (Å²) in [5.74, 6) is 0. The molecule has 0 rings (SSSR count). The van der Waals surface area contributed by atoms with E-state index in [-0.39, 0.29) is 18.2 Å². The van der Waals surface area contributed by atoms with Gasteiger partial charge in [-0.25, -0.2) is 4.79 Å². The van der Waals surface area contributed by atoms with Crippen molar-refractivity contribution in [1.29, 1.82) is 0 Å². The first-order chi connectivity index (χ1) is 6.06. The highest BCUT2D eigenvalue weighted by Gasteiger charge is 2.08. The first-order valence-corrected chi connectivity index (χ1v) is 4.52. The average molecular weight is 189 g/mol. The van der Waals surface area contributed by atoms with Gasteiger partial charge in [0, 0.05) is 19.8 Å². The van der Waals surface area contributed by atoms with Crippen LogP contribution < -0.4 is 5.32 Å². The minimum atomic E-state index is -0.362. The smallest absolute Gasteiger partial charge is 0.407 e. The molecule has 0 heterocycles. The molecule has 1 N–H and O–H groups in total. The summed E-state index contributed by atoms with van der Waals surface area (Å²) >= 11 is 0. The van der Waals surface area contributed by atoms with Crippen LogP contribution in [0.25, 0.3) is 0 Å². The molecule has 0 aromatic heterocycles.